The molecule has 0 unspecified atom stereocenters. The third-order valence-electron chi connectivity index (χ3n) is 2.03. The Kier molecular flexibility index (Phi) is 5.64. The van der Waals surface area contributed by atoms with Gasteiger partial charge in [-0.05, 0) is 38.0 Å². The van der Waals surface area contributed by atoms with Crippen LogP contribution in [0.3, 0.4) is 0 Å². The molecule has 0 fully saturated rings. The van der Waals surface area contributed by atoms with Crippen LogP contribution in [0.5, 0.6) is 5.75 Å². The lowest BCUT2D eigenvalue weighted by Gasteiger charge is -2.06. The number of unbranched alkanes of at least 4 members (excludes halogenated alkanes) is 1. The molecule has 88 valence electrons. The van der Waals surface area contributed by atoms with Gasteiger partial charge in [0.1, 0.15) is 11.5 Å². The van der Waals surface area contributed by atoms with Crippen molar-refractivity contribution in [2.24, 2.45) is 0 Å². The highest BCUT2D eigenvalue weighted by molar-refractivity contribution is 6.34. The van der Waals surface area contributed by atoms with E-state index in [-0.39, 0.29) is 5.78 Å². The van der Waals surface area contributed by atoms with Crippen molar-refractivity contribution in [1.82, 2.24) is 0 Å². The zero-order valence-electron chi connectivity index (χ0n) is 9.13. The van der Waals surface area contributed by atoms with E-state index < -0.39 is 0 Å². The van der Waals surface area contributed by atoms with Crippen LogP contribution in [-0.4, -0.2) is 12.4 Å². The molecule has 0 radical (unpaired) electrons. The van der Waals surface area contributed by atoms with E-state index in [1.807, 2.05) is 0 Å². The van der Waals surface area contributed by atoms with Crippen LogP contribution in [0.1, 0.15) is 26.2 Å². The number of benzene rings is 1. The van der Waals surface area contributed by atoms with Gasteiger partial charge in [0.05, 0.1) is 6.61 Å². The first-order chi connectivity index (χ1) is 7.58. The normalized spacial score (nSPS) is 10.2. The van der Waals surface area contributed by atoms with Crippen molar-refractivity contribution in [3.63, 3.8) is 0 Å². The fraction of sp³-hybridized carbons (Fsp3) is 0.417. The van der Waals surface area contributed by atoms with Gasteiger partial charge in [0, 0.05) is 16.5 Å². The second kappa shape index (κ2) is 6.77. The summed E-state index contributed by atoms with van der Waals surface area (Å²) in [7, 11) is 0. The van der Waals surface area contributed by atoms with Gasteiger partial charge in [0.15, 0.2) is 0 Å². The number of hydrogen-bond donors (Lipinski definition) is 0. The Balaban J connectivity index is 2.29. The molecule has 0 atom stereocenters. The van der Waals surface area contributed by atoms with E-state index in [1.165, 1.54) is 0 Å². The summed E-state index contributed by atoms with van der Waals surface area (Å²) in [5.74, 6) is 0.881. The van der Waals surface area contributed by atoms with Crippen LogP contribution >= 0.6 is 23.2 Å². The average Bonchev–Trinajstić information content (AvgIpc) is 2.15. The molecule has 0 heterocycles. The van der Waals surface area contributed by atoms with Gasteiger partial charge in [-0.2, -0.15) is 0 Å². The fourth-order valence-corrected chi connectivity index (χ4v) is 1.78. The predicted molar refractivity (Wildman–Crippen MR) is 66.5 cm³/mol. The van der Waals surface area contributed by atoms with Crippen molar-refractivity contribution in [1.29, 1.82) is 0 Å². The lowest BCUT2D eigenvalue weighted by atomic mass is 10.2. The molecule has 0 aliphatic carbocycles. The highest BCUT2D eigenvalue weighted by atomic mass is 35.5. The zero-order chi connectivity index (χ0) is 12.0. The van der Waals surface area contributed by atoms with E-state index >= 15 is 0 Å². The van der Waals surface area contributed by atoms with Crippen LogP contribution in [0.2, 0.25) is 10.0 Å². The molecule has 0 saturated carbocycles. The Hall–Kier alpha value is -0.730. The largest absolute Gasteiger partial charge is 0.493 e. The first-order valence-corrected chi connectivity index (χ1v) is 5.92. The van der Waals surface area contributed by atoms with E-state index in [4.69, 9.17) is 27.9 Å². The Morgan fingerprint density at radius 1 is 1.19 bits per heavy atom. The van der Waals surface area contributed by atoms with E-state index in [2.05, 4.69) is 0 Å². The minimum absolute atomic E-state index is 0.214. The molecule has 0 bridgehead atoms. The smallest absolute Gasteiger partial charge is 0.129 e. The Labute approximate surface area is 106 Å². The second-order valence-corrected chi connectivity index (χ2v) is 4.49. The van der Waals surface area contributed by atoms with Crippen molar-refractivity contribution < 1.29 is 9.53 Å². The minimum atomic E-state index is 0.214. The van der Waals surface area contributed by atoms with Crippen molar-refractivity contribution in [2.45, 2.75) is 26.2 Å². The summed E-state index contributed by atoms with van der Waals surface area (Å²) in [6.07, 6.45) is 2.31. The number of carbonyl (C=O) groups is 1. The molecule has 1 rings (SSSR count). The average molecular weight is 261 g/mol. The summed E-state index contributed by atoms with van der Waals surface area (Å²) in [5.41, 5.74) is 0. The van der Waals surface area contributed by atoms with Crippen LogP contribution in [0.4, 0.5) is 0 Å². The fourth-order valence-electron chi connectivity index (χ4n) is 1.28. The molecular formula is C12H14Cl2O2. The lowest BCUT2D eigenvalue weighted by Crippen LogP contribution is -1.99. The third-order valence-corrected chi connectivity index (χ3v) is 2.46. The Bertz CT molecular complexity index is 344. The SMILES string of the molecule is CC(=O)CCCCOc1cc(Cl)cc(Cl)c1. The number of halogens is 2. The second-order valence-electron chi connectivity index (χ2n) is 3.61. The summed E-state index contributed by atoms with van der Waals surface area (Å²) in [4.78, 5) is 10.7. The van der Waals surface area contributed by atoms with Gasteiger partial charge in [-0.1, -0.05) is 23.2 Å². The van der Waals surface area contributed by atoms with Crippen LogP contribution in [-0.2, 0) is 4.79 Å². The molecule has 0 amide bonds. The standard InChI is InChI=1S/C12H14Cl2O2/c1-9(15)4-2-3-5-16-12-7-10(13)6-11(14)8-12/h6-8H,2-5H2,1H3. The zero-order valence-corrected chi connectivity index (χ0v) is 10.6. The van der Waals surface area contributed by atoms with E-state index in [9.17, 15) is 4.79 Å². The summed E-state index contributed by atoms with van der Waals surface area (Å²) in [6.45, 7) is 2.17. The number of carbonyl (C=O) groups excluding carboxylic acids is 1. The molecule has 0 saturated heterocycles. The maximum absolute atomic E-state index is 10.7. The highest BCUT2D eigenvalue weighted by Gasteiger charge is 1.99. The number of rotatable bonds is 6. The van der Waals surface area contributed by atoms with Gasteiger partial charge in [-0.15, -0.1) is 0 Å². The molecule has 0 spiro atoms. The topological polar surface area (TPSA) is 26.3 Å². The van der Waals surface area contributed by atoms with Crippen molar-refractivity contribution >= 4 is 29.0 Å². The highest BCUT2D eigenvalue weighted by Crippen LogP contribution is 2.24. The van der Waals surface area contributed by atoms with Gasteiger partial charge < -0.3 is 9.53 Å². The number of Topliss-reactive ketones (excluding diaryl/α,β-unsaturated/α-hetero) is 1. The summed E-state index contributed by atoms with van der Waals surface area (Å²) in [6, 6.07) is 5.10. The number of hydrogen-bond acceptors (Lipinski definition) is 2. The monoisotopic (exact) mass is 260 g/mol. The molecule has 1 aromatic carbocycles. The van der Waals surface area contributed by atoms with Gasteiger partial charge in [-0.3, -0.25) is 0 Å². The van der Waals surface area contributed by atoms with E-state index in [0.717, 1.165) is 12.8 Å². The number of ether oxygens (including phenoxy) is 1. The van der Waals surface area contributed by atoms with Gasteiger partial charge in [-0.25, -0.2) is 0 Å². The molecule has 1 aromatic rings. The molecule has 4 heteroatoms. The van der Waals surface area contributed by atoms with Gasteiger partial charge in [0.2, 0.25) is 0 Å². The maximum atomic E-state index is 10.7. The first kappa shape index (κ1) is 13.3. The van der Waals surface area contributed by atoms with Crippen molar-refractivity contribution in [3.05, 3.63) is 28.2 Å². The molecule has 0 N–H and O–H groups in total. The predicted octanol–water partition coefficient (Wildman–Crippen LogP) is 4.13. The molecule has 16 heavy (non-hydrogen) atoms. The van der Waals surface area contributed by atoms with Crippen LogP contribution in [0.15, 0.2) is 18.2 Å². The Morgan fingerprint density at radius 3 is 2.38 bits per heavy atom. The summed E-state index contributed by atoms with van der Waals surface area (Å²) in [5, 5.41) is 1.12. The summed E-state index contributed by atoms with van der Waals surface area (Å²) < 4.78 is 5.47. The quantitative estimate of drug-likeness (QED) is 0.719. The summed E-state index contributed by atoms with van der Waals surface area (Å²) >= 11 is 11.6. The maximum Gasteiger partial charge on any atom is 0.129 e. The molecular weight excluding hydrogens is 247 g/mol. The molecule has 0 aliphatic heterocycles. The van der Waals surface area contributed by atoms with Gasteiger partial charge >= 0.3 is 0 Å². The van der Waals surface area contributed by atoms with E-state index in [1.54, 1.807) is 25.1 Å². The van der Waals surface area contributed by atoms with Crippen LogP contribution < -0.4 is 4.74 Å². The molecule has 0 aromatic heterocycles. The van der Waals surface area contributed by atoms with E-state index in [0.29, 0.717) is 28.8 Å². The van der Waals surface area contributed by atoms with Crippen LogP contribution in [0, 0.1) is 0 Å². The third kappa shape index (κ3) is 5.38. The number of ketones is 1. The van der Waals surface area contributed by atoms with Gasteiger partial charge in [0.25, 0.3) is 0 Å². The lowest BCUT2D eigenvalue weighted by molar-refractivity contribution is -0.117. The molecule has 0 aliphatic rings. The van der Waals surface area contributed by atoms with Crippen LogP contribution in [0.25, 0.3) is 0 Å². The first-order valence-electron chi connectivity index (χ1n) is 5.16. The van der Waals surface area contributed by atoms with Crippen molar-refractivity contribution in [3.8, 4) is 5.75 Å². The van der Waals surface area contributed by atoms with Crippen molar-refractivity contribution in [2.75, 3.05) is 6.61 Å². The molecule has 2 nitrogen and oxygen atoms in total. The minimum Gasteiger partial charge on any atom is -0.493 e. The Morgan fingerprint density at radius 2 is 1.81 bits per heavy atom.